The highest BCUT2D eigenvalue weighted by Gasteiger charge is 2.12. The van der Waals surface area contributed by atoms with Crippen molar-refractivity contribution in [3.8, 4) is 11.4 Å². The van der Waals surface area contributed by atoms with Crippen LogP contribution in [0.5, 0.6) is 5.75 Å². The van der Waals surface area contributed by atoms with E-state index in [2.05, 4.69) is 9.98 Å². The molecule has 0 atom stereocenters. The van der Waals surface area contributed by atoms with Crippen LogP contribution in [-0.4, -0.2) is 33.7 Å². The number of ketones is 1. The fraction of sp³-hybridized carbons (Fsp3) is 0.190. The molecule has 2 aromatic carbocycles. The number of Topliss-reactive ketones (excluding diaryl/α,β-unsaturated/α-hetero) is 1. The van der Waals surface area contributed by atoms with E-state index in [0.29, 0.717) is 22.0 Å². The van der Waals surface area contributed by atoms with E-state index in [1.807, 2.05) is 42.1 Å². The molecule has 0 radical (unpaired) electrons. The third-order valence-corrected chi connectivity index (χ3v) is 4.83. The lowest BCUT2D eigenvalue weighted by Crippen LogP contribution is -2.05. The fourth-order valence-electron chi connectivity index (χ4n) is 2.68. The smallest absolute Gasteiger partial charge is 0.169 e. The van der Waals surface area contributed by atoms with E-state index in [0.717, 1.165) is 11.4 Å². The van der Waals surface area contributed by atoms with Crippen LogP contribution in [0.1, 0.15) is 22.5 Å². The number of hydrogen-bond acceptors (Lipinski definition) is 5. The minimum absolute atomic E-state index is 0.106. The first-order chi connectivity index (χ1) is 13.5. The first-order valence-corrected chi connectivity index (χ1v) is 9.82. The zero-order valence-corrected chi connectivity index (χ0v) is 16.7. The second-order valence-electron chi connectivity index (χ2n) is 6.09. The number of methoxy groups -OCH3 is 1. The number of hydrogen-bond donors (Lipinski definition) is 0. The average molecular weight is 397 g/mol. The summed E-state index contributed by atoms with van der Waals surface area (Å²) in [5.41, 5.74) is 2.92. The summed E-state index contributed by atoms with van der Waals surface area (Å²) in [6.07, 6.45) is 5.66. The number of carbonyl (C=O) groups excluding carboxylic acids is 1. The largest absolute Gasteiger partial charge is 0.494 e. The second kappa shape index (κ2) is 8.84. The van der Waals surface area contributed by atoms with Gasteiger partial charge in [0.05, 0.1) is 42.0 Å². The van der Waals surface area contributed by atoms with Crippen molar-refractivity contribution in [2.75, 3.05) is 13.4 Å². The maximum absolute atomic E-state index is 13.0. The molecule has 0 fully saturated rings. The Labute approximate surface area is 167 Å². The number of benzene rings is 2. The topological polar surface area (TPSA) is 56.5 Å². The molecule has 144 valence electrons. The molecule has 28 heavy (non-hydrogen) atoms. The number of halogens is 1. The van der Waals surface area contributed by atoms with E-state index < -0.39 is 0 Å². The first-order valence-electron chi connectivity index (χ1n) is 8.59. The number of ether oxygens (including phenoxy) is 1. The molecular formula is C21H20FN3O2S. The van der Waals surface area contributed by atoms with Gasteiger partial charge in [-0.25, -0.2) is 14.4 Å². The van der Waals surface area contributed by atoms with Gasteiger partial charge in [-0.1, -0.05) is 0 Å². The van der Waals surface area contributed by atoms with Gasteiger partial charge in [-0.05, 0) is 49.6 Å². The summed E-state index contributed by atoms with van der Waals surface area (Å²) in [5, 5.41) is 0.669. The molecule has 0 bridgehead atoms. The summed E-state index contributed by atoms with van der Waals surface area (Å²) in [6, 6.07) is 11.1. The highest BCUT2D eigenvalue weighted by atomic mass is 32.2. The van der Waals surface area contributed by atoms with Crippen molar-refractivity contribution in [3.05, 3.63) is 72.1 Å². The van der Waals surface area contributed by atoms with Crippen LogP contribution in [0, 0.1) is 12.7 Å². The van der Waals surface area contributed by atoms with E-state index in [1.54, 1.807) is 13.4 Å². The number of aromatic nitrogens is 2. The fourth-order valence-corrected chi connectivity index (χ4v) is 3.15. The van der Waals surface area contributed by atoms with Gasteiger partial charge in [-0.3, -0.25) is 4.79 Å². The zero-order valence-electron chi connectivity index (χ0n) is 15.8. The number of nitrogens with zero attached hydrogens (tertiary/aromatic N) is 3. The van der Waals surface area contributed by atoms with Crippen molar-refractivity contribution in [2.45, 2.75) is 13.3 Å². The van der Waals surface area contributed by atoms with Crippen LogP contribution in [0.4, 0.5) is 10.1 Å². The maximum Gasteiger partial charge on any atom is 0.169 e. The zero-order chi connectivity index (χ0) is 20.1. The Bertz CT molecular complexity index is 1010. The molecule has 0 aliphatic rings. The highest BCUT2D eigenvalue weighted by molar-refractivity contribution is 8.13. The van der Waals surface area contributed by atoms with Gasteiger partial charge in [-0.15, -0.1) is 11.8 Å². The predicted molar refractivity (Wildman–Crippen MR) is 111 cm³/mol. The quantitative estimate of drug-likeness (QED) is 0.334. The Morgan fingerprint density at radius 1 is 1.25 bits per heavy atom. The van der Waals surface area contributed by atoms with Crippen molar-refractivity contribution in [1.82, 2.24) is 9.55 Å². The molecule has 0 spiro atoms. The highest BCUT2D eigenvalue weighted by Crippen LogP contribution is 2.29. The number of carbonyl (C=O) groups is 1. The molecule has 0 saturated carbocycles. The molecular weight excluding hydrogens is 377 g/mol. The minimum Gasteiger partial charge on any atom is -0.494 e. The Balaban J connectivity index is 1.83. The first kappa shape index (κ1) is 19.8. The van der Waals surface area contributed by atoms with Gasteiger partial charge < -0.3 is 9.30 Å². The number of rotatable bonds is 6. The van der Waals surface area contributed by atoms with Crippen LogP contribution < -0.4 is 4.74 Å². The lowest BCUT2D eigenvalue weighted by atomic mass is 10.1. The normalized spacial score (nSPS) is 11.5. The van der Waals surface area contributed by atoms with Gasteiger partial charge in [0.15, 0.2) is 5.78 Å². The predicted octanol–water partition coefficient (Wildman–Crippen LogP) is 4.99. The standard InChI is InChI=1S/C21H20FN3O2S/c1-14-12-25(13-23-14)18-9-8-17(10-20(18)27-2)24-21(28-3)11-19(26)15-4-6-16(22)7-5-15/h4-10,12-13H,11H2,1-3H3. The van der Waals surface area contributed by atoms with Gasteiger partial charge in [0.1, 0.15) is 11.6 Å². The Morgan fingerprint density at radius 3 is 2.61 bits per heavy atom. The summed E-state index contributed by atoms with van der Waals surface area (Å²) in [5.74, 6) is 0.185. The summed E-state index contributed by atoms with van der Waals surface area (Å²) in [4.78, 5) is 21.3. The number of thioether (sulfide) groups is 1. The molecule has 0 N–H and O–H groups in total. The van der Waals surface area contributed by atoms with Gasteiger partial charge in [0, 0.05) is 17.8 Å². The van der Waals surface area contributed by atoms with E-state index in [-0.39, 0.29) is 18.0 Å². The molecule has 3 aromatic rings. The van der Waals surface area contributed by atoms with Crippen molar-refractivity contribution in [3.63, 3.8) is 0 Å². The van der Waals surface area contributed by atoms with Gasteiger partial charge in [0.25, 0.3) is 0 Å². The van der Waals surface area contributed by atoms with E-state index in [4.69, 9.17) is 4.74 Å². The van der Waals surface area contributed by atoms with Crippen LogP contribution in [0.25, 0.3) is 5.69 Å². The summed E-state index contributed by atoms with van der Waals surface area (Å²) in [7, 11) is 1.60. The van der Waals surface area contributed by atoms with Crippen molar-refractivity contribution in [1.29, 1.82) is 0 Å². The molecule has 0 aliphatic heterocycles. The van der Waals surface area contributed by atoms with E-state index in [9.17, 15) is 9.18 Å². The number of imidazole rings is 1. The van der Waals surface area contributed by atoms with Crippen molar-refractivity contribution < 1.29 is 13.9 Å². The van der Waals surface area contributed by atoms with Gasteiger partial charge >= 0.3 is 0 Å². The number of aliphatic imine (C=N–C) groups is 1. The lowest BCUT2D eigenvalue weighted by Gasteiger charge is -2.10. The van der Waals surface area contributed by atoms with E-state index in [1.165, 1.54) is 36.0 Å². The van der Waals surface area contributed by atoms with Crippen LogP contribution in [0.2, 0.25) is 0 Å². The summed E-state index contributed by atoms with van der Waals surface area (Å²) < 4.78 is 20.4. The van der Waals surface area contributed by atoms with Crippen LogP contribution in [-0.2, 0) is 0 Å². The Hall–Kier alpha value is -2.93. The van der Waals surface area contributed by atoms with Crippen LogP contribution >= 0.6 is 11.8 Å². The minimum atomic E-state index is -0.365. The monoisotopic (exact) mass is 397 g/mol. The Morgan fingerprint density at radius 2 is 2.00 bits per heavy atom. The van der Waals surface area contributed by atoms with E-state index >= 15 is 0 Å². The molecule has 1 heterocycles. The van der Waals surface area contributed by atoms with Crippen LogP contribution in [0.3, 0.4) is 0 Å². The molecule has 5 nitrogen and oxygen atoms in total. The molecule has 1 aromatic heterocycles. The molecule has 0 saturated heterocycles. The van der Waals surface area contributed by atoms with Gasteiger partial charge in [-0.2, -0.15) is 0 Å². The molecule has 0 amide bonds. The molecule has 3 rings (SSSR count). The van der Waals surface area contributed by atoms with Crippen LogP contribution in [0.15, 0.2) is 60.0 Å². The third kappa shape index (κ3) is 4.67. The average Bonchev–Trinajstić information content (AvgIpc) is 3.13. The van der Waals surface area contributed by atoms with Gasteiger partial charge in [0.2, 0.25) is 0 Å². The molecule has 0 unspecified atom stereocenters. The SMILES string of the molecule is COc1cc(N=C(CC(=O)c2ccc(F)cc2)SC)ccc1-n1cnc(C)c1. The molecule has 7 heteroatoms. The van der Waals surface area contributed by atoms with Crippen molar-refractivity contribution >= 4 is 28.3 Å². The third-order valence-electron chi connectivity index (χ3n) is 4.12. The van der Waals surface area contributed by atoms with Crippen molar-refractivity contribution in [2.24, 2.45) is 4.99 Å². The maximum atomic E-state index is 13.0. The summed E-state index contributed by atoms with van der Waals surface area (Å²) in [6.45, 7) is 1.92. The summed E-state index contributed by atoms with van der Waals surface area (Å²) >= 11 is 1.41. The lowest BCUT2D eigenvalue weighted by molar-refractivity contribution is 0.100. The Kier molecular flexibility index (Phi) is 6.26. The number of aryl methyl sites for hydroxylation is 1. The second-order valence-corrected chi connectivity index (χ2v) is 6.97. The molecule has 0 aliphatic carbocycles.